The molecule has 1 saturated carbocycles. The van der Waals surface area contributed by atoms with Gasteiger partial charge in [-0.3, -0.25) is 0 Å². The summed E-state index contributed by atoms with van der Waals surface area (Å²) in [6.07, 6.45) is 33.0. The molecule has 19 aromatic rings. The van der Waals surface area contributed by atoms with Gasteiger partial charge in [0.15, 0.2) is 0 Å². The second kappa shape index (κ2) is 53.2. The van der Waals surface area contributed by atoms with Crippen molar-refractivity contribution in [1.82, 2.24) is 34.9 Å². The van der Waals surface area contributed by atoms with Crippen molar-refractivity contribution in [2.45, 2.75) is 122 Å². The molecule has 3 aliphatic carbocycles. The topological polar surface area (TPSA) is 94.1 Å². The first kappa shape index (κ1) is 103. The van der Waals surface area contributed by atoms with Gasteiger partial charge in [0.2, 0.25) is 0 Å². The first-order valence-corrected chi connectivity index (χ1v) is 46.8. The summed E-state index contributed by atoms with van der Waals surface area (Å²) in [5, 5.41) is 0. The van der Waals surface area contributed by atoms with Crippen LogP contribution in [0.4, 0.5) is 0 Å². The summed E-state index contributed by atoms with van der Waals surface area (Å²) in [5.41, 5.74) is 36.7. The van der Waals surface area contributed by atoms with Crippen molar-refractivity contribution in [3.8, 4) is 107 Å². The molecule has 8 nitrogen and oxygen atoms in total. The Balaban J connectivity index is 0.000000150. The van der Waals surface area contributed by atoms with Gasteiger partial charge in [0.05, 0.1) is 6.20 Å². The zero-order valence-corrected chi connectivity index (χ0v) is 87.2. The van der Waals surface area contributed by atoms with E-state index >= 15 is 0 Å². The maximum absolute atomic E-state index is 4.76. The maximum Gasteiger partial charge on any atom is 0.150 e. The van der Waals surface area contributed by atoms with Gasteiger partial charge in [-0.1, -0.05) is 197 Å². The molecule has 0 aliphatic heterocycles. The van der Waals surface area contributed by atoms with Gasteiger partial charge in [0.1, 0.15) is 6.20 Å². The molecule has 2 unspecified atom stereocenters. The number of benzene rings is 11. The van der Waals surface area contributed by atoms with Crippen molar-refractivity contribution in [2.24, 2.45) is 5.92 Å². The van der Waals surface area contributed by atoms with E-state index in [1.165, 1.54) is 123 Å². The molecule has 12 heteroatoms. The van der Waals surface area contributed by atoms with E-state index in [-0.39, 0.29) is 80.4 Å². The molecular formula is C126H106Ir4N8-8. The van der Waals surface area contributed by atoms with E-state index in [2.05, 4.69) is 253 Å². The van der Waals surface area contributed by atoms with Crippen LogP contribution in [0.3, 0.4) is 0 Å². The number of nitrogens with zero attached hydrogens (tertiary/aromatic N) is 8. The second-order valence-electron chi connectivity index (χ2n) is 34.5. The van der Waals surface area contributed by atoms with Crippen LogP contribution in [-0.2, 0) is 138 Å². The van der Waals surface area contributed by atoms with Gasteiger partial charge in [-0.15, -0.1) is 262 Å². The summed E-state index contributed by atoms with van der Waals surface area (Å²) in [7, 11) is 0. The number of hydrogen-bond acceptors (Lipinski definition) is 7. The smallest absolute Gasteiger partial charge is 0.150 e. The average molecular weight is 2500 g/mol. The van der Waals surface area contributed by atoms with Gasteiger partial charge in [0.25, 0.3) is 0 Å². The van der Waals surface area contributed by atoms with Crippen LogP contribution >= 0.6 is 0 Å². The summed E-state index contributed by atoms with van der Waals surface area (Å²) in [6, 6.07) is 148. The van der Waals surface area contributed by atoms with Crippen LogP contribution in [0.1, 0.15) is 125 Å². The van der Waals surface area contributed by atoms with Crippen LogP contribution in [0.15, 0.2) is 401 Å². The normalized spacial score (nSPS) is 12.6. The quantitative estimate of drug-likeness (QED) is 0.0522. The van der Waals surface area contributed by atoms with Gasteiger partial charge in [-0.2, -0.15) is 23.8 Å². The molecule has 0 spiro atoms. The number of rotatable bonds is 21. The molecule has 22 rings (SSSR count). The van der Waals surface area contributed by atoms with Crippen LogP contribution in [0.5, 0.6) is 0 Å². The van der Waals surface area contributed by atoms with Crippen molar-refractivity contribution in [3.05, 3.63) is 523 Å². The van der Waals surface area contributed by atoms with E-state index in [0.717, 1.165) is 147 Å². The zero-order valence-electron chi connectivity index (χ0n) is 77.6. The summed E-state index contributed by atoms with van der Waals surface area (Å²) in [4.78, 5) is 32.0. The fourth-order valence-corrected chi connectivity index (χ4v) is 17.6. The molecule has 2 bridgehead atoms. The van der Waals surface area contributed by atoms with Crippen molar-refractivity contribution in [1.29, 1.82) is 0 Å². The standard InChI is InChI=1S/C45H36N3.C20H20N.C18H14N.C17H12N.C15H16N.C11H8N.4Ir/c1-4-12-40(13-5-1)44-27-22-37(33-46-44)20-25-39-24-19-36(18-17-35-11-10-16-43(32-35)48-29-8-3-9-30-48)31-42(39)26-21-38-23-28-45(47-34-38)41-14-6-2-7-15-41;1-2-4-14-9-17(8-5-13(14)3-1)20-11-18-15-6-7-16(10-15)19(18)12-21-20;1-14-7-5-6-10-17(14)16-11-12-18(19-13-16)15-8-3-2-4-9-15;1-2-7-14(8-3-1)15-9-6-10-16(13-15)17-11-4-5-12-18-17;1-12(2)11-14-9-6-10-15(16-14)13-7-4-3-5-8-13;1-2-6-10(7-3-1)11-8-4-5-9-12-11;;;;/h1-12,14,19,22-24,27-29,31-34H,17-18,20-21,25-26H2;5,9,11-12,15-16H,1-4,6-7,10H2;2-8,10-13H,1H3;1-9,11-13H;3-7,9-10,12H,11H2,1-2H3;1-6,8-9H;;;;/q-3;5*-1;;;;. The Morgan fingerprint density at radius 3 is 1.39 bits per heavy atom. The number of hydrogen-bond donors (Lipinski definition) is 0. The predicted molar refractivity (Wildman–Crippen MR) is 544 cm³/mol. The molecule has 8 heterocycles. The average Bonchev–Trinajstić information content (AvgIpc) is 1.61. The number of pyridine rings is 8. The Hall–Kier alpha value is -12.8. The number of fused-ring (bicyclic) bond motifs is 6. The third-order valence-electron chi connectivity index (χ3n) is 24.7. The zero-order chi connectivity index (χ0) is 91.1. The molecule has 694 valence electrons. The van der Waals surface area contributed by atoms with E-state index in [9.17, 15) is 0 Å². The van der Waals surface area contributed by atoms with Crippen molar-refractivity contribution >= 4 is 0 Å². The fourth-order valence-electron chi connectivity index (χ4n) is 17.6. The van der Waals surface area contributed by atoms with Gasteiger partial charge >= 0.3 is 0 Å². The van der Waals surface area contributed by atoms with E-state index < -0.39 is 0 Å². The first-order chi connectivity index (χ1) is 66.1. The minimum absolute atomic E-state index is 0. The minimum atomic E-state index is 0. The molecule has 3 aliphatic rings. The molecule has 4 radical (unpaired) electrons. The third-order valence-corrected chi connectivity index (χ3v) is 24.7. The summed E-state index contributed by atoms with van der Waals surface area (Å²) >= 11 is 0. The largest absolute Gasteiger partial charge is 0.307 e. The monoisotopic (exact) mass is 2500 g/mol. The first-order valence-electron chi connectivity index (χ1n) is 46.8. The molecule has 11 aromatic carbocycles. The molecule has 0 saturated heterocycles. The van der Waals surface area contributed by atoms with Gasteiger partial charge in [-0.05, 0) is 215 Å². The molecule has 0 amide bonds. The van der Waals surface area contributed by atoms with Crippen molar-refractivity contribution in [3.63, 3.8) is 0 Å². The molecular weight excluding hydrogens is 2390 g/mol. The van der Waals surface area contributed by atoms with Crippen molar-refractivity contribution in [2.75, 3.05) is 0 Å². The maximum atomic E-state index is 4.76. The molecule has 1 fully saturated rings. The Bertz CT molecular complexity index is 6780. The van der Waals surface area contributed by atoms with Crippen LogP contribution in [0.25, 0.3) is 107 Å². The predicted octanol–water partition coefficient (Wildman–Crippen LogP) is 28.5. The summed E-state index contributed by atoms with van der Waals surface area (Å²) < 4.78 is 1.99. The third kappa shape index (κ3) is 28.9. The second-order valence-corrected chi connectivity index (χ2v) is 34.5. The van der Waals surface area contributed by atoms with Crippen LogP contribution in [-0.4, -0.2) is 34.9 Å². The molecule has 8 aromatic heterocycles. The van der Waals surface area contributed by atoms with Gasteiger partial charge < -0.3 is 39.5 Å². The Morgan fingerprint density at radius 2 is 0.826 bits per heavy atom. The molecule has 0 N–H and O–H groups in total. The van der Waals surface area contributed by atoms with E-state index in [0.29, 0.717) is 5.92 Å². The Labute approximate surface area is 870 Å². The van der Waals surface area contributed by atoms with E-state index in [1.807, 2.05) is 236 Å². The van der Waals surface area contributed by atoms with Crippen LogP contribution < -0.4 is 4.57 Å². The van der Waals surface area contributed by atoms with Crippen LogP contribution in [0.2, 0.25) is 0 Å². The minimum Gasteiger partial charge on any atom is -0.307 e. The SMILES string of the molecule is CC(C)Cc1cccc(-c2[c-]cccc2)n1.Cc1ccccc1-c1ccc(-c2[c-]cccc2)nc1.[Ir].[Ir].[Ir].[Ir].[c-]1cc2c(cc1-c1cc3c(cn1)C1CCC3C1)CCCC2.[c-]1ccc(-c2ccccc2)cc1-c1ccccn1.[c-]1ccccc1-c1ccc(CCc2ccc(CCc3cc[c-]c(-[n+]4[c-]cccc4)c3)cc2CCc2ccc(-c3[c-]cccc3)nc2)cn1.[c-]1ccccc1-c1ccccn1. The molecule has 138 heavy (non-hydrogen) atoms. The van der Waals surface area contributed by atoms with Crippen LogP contribution in [0, 0.1) is 67.6 Å². The number of aromatic nitrogens is 8. The summed E-state index contributed by atoms with van der Waals surface area (Å²) in [6.45, 7) is 6.54. The number of aryl methyl sites for hydroxylation is 9. The Morgan fingerprint density at radius 1 is 0.326 bits per heavy atom. The molecule has 2 atom stereocenters. The Kier molecular flexibility index (Phi) is 39.6. The van der Waals surface area contributed by atoms with E-state index in [1.54, 1.807) is 18.0 Å². The van der Waals surface area contributed by atoms with E-state index in [4.69, 9.17) is 15.0 Å². The van der Waals surface area contributed by atoms with Gasteiger partial charge in [0, 0.05) is 129 Å². The van der Waals surface area contributed by atoms with Crippen molar-refractivity contribution < 1.29 is 85.0 Å². The summed E-state index contributed by atoms with van der Waals surface area (Å²) in [5.74, 6) is 2.26. The van der Waals surface area contributed by atoms with Gasteiger partial charge in [-0.25, -0.2) is 0 Å². The fraction of sp³-hybridized carbons (Fsp3) is 0.159.